The van der Waals surface area contributed by atoms with Gasteiger partial charge in [0.25, 0.3) is 0 Å². The first-order chi connectivity index (χ1) is 8.47. The molecule has 108 valence electrons. The summed E-state index contributed by atoms with van der Waals surface area (Å²) in [7, 11) is 0. The van der Waals surface area contributed by atoms with Crippen molar-refractivity contribution in [3.63, 3.8) is 0 Å². The average Bonchev–Trinajstić information content (AvgIpc) is 2.53. The van der Waals surface area contributed by atoms with Crippen molar-refractivity contribution < 1.29 is 0 Å². The largest absolute Gasteiger partial charge is 0.330 e. The molecule has 0 aromatic carbocycles. The Morgan fingerprint density at radius 2 is 1.94 bits per heavy atom. The lowest BCUT2D eigenvalue weighted by Crippen LogP contribution is -2.34. The van der Waals surface area contributed by atoms with E-state index in [4.69, 9.17) is 5.73 Å². The van der Waals surface area contributed by atoms with E-state index >= 15 is 0 Å². The summed E-state index contributed by atoms with van der Waals surface area (Å²) in [5.74, 6) is 1.60. The molecule has 0 saturated carbocycles. The first kappa shape index (κ1) is 16.0. The summed E-state index contributed by atoms with van der Waals surface area (Å²) >= 11 is 0. The summed E-state index contributed by atoms with van der Waals surface area (Å²) in [5, 5.41) is 0. The molecule has 1 fully saturated rings. The van der Waals surface area contributed by atoms with E-state index in [9.17, 15) is 0 Å². The Balaban J connectivity index is 2.41. The van der Waals surface area contributed by atoms with Gasteiger partial charge in [-0.2, -0.15) is 0 Å². The molecular formula is C16H34N2. The molecule has 0 bridgehead atoms. The number of rotatable bonds is 5. The predicted octanol–water partition coefficient (Wildman–Crippen LogP) is 3.51. The fourth-order valence-electron chi connectivity index (χ4n) is 3.26. The van der Waals surface area contributed by atoms with Gasteiger partial charge >= 0.3 is 0 Å². The minimum Gasteiger partial charge on any atom is -0.330 e. The van der Waals surface area contributed by atoms with Gasteiger partial charge in [0, 0.05) is 6.54 Å². The van der Waals surface area contributed by atoms with E-state index in [1.165, 1.54) is 51.7 Å². The number of nitrogens with two attached hydrogens (primary N) is 1. The zero-order valence-corrected chi connectivity index (χ0v) is 13.0. The Bertz CT molecular complexity index is 220. The minimum absolute atomic E-state index is 0.479. The summed E-state index contributed by atoms with van der Waals surface area (Å²) in [5.41, 5.74) is 6.36. The number of hydrogen-bond donors (Lipinski definition) is 1. The quantitative estimate of drug-likeness (QED) is 0.813. The molecule has 2 atom stereocenters. The minimum atomic E-state index is 0.479. The van der Waals surface area contributed by atoms with Crippen LogP contribution < -0.4 is 5.73 Å². The SMILES string of the molecule is CCCC(CN)CN1CCCC(C(C)(C)C)CC1. The van der Waals surface area contributed by atoms with Crippen molar-refractivity contribution in [2.24, 2.45) is 23.0 Å². The van der Waals surface area contributed by atoms with Crippen LogP contribution in [0.25, 0.3) is 0 Å². The molecular weight excluding hydrogens is 220 g/mol. The van der Waals surface area contributed by atoms with Crippen molar-refractivity contribution in [1.82, 2.24) is 4.90 Å². The van der Waals surface area contributed by atoms with Crippen molar-refractivity contribution >= 4 is 0 Å². The first-order valence-corrected chi connectivity index (χ1v) is 7.89. The van der Waals surface area contributed by atoms with Crippen molar-refractivity contribution in [2.75, 3.05) is 26.2 Å². The Morgan fingerprint density at radius 1 is 1.22 bits per heavy atom. The van der Waals surface area contributed by atoms with Crippen molar-refractivity contribution in [3.05, 3.63) is 0 Å². The normalized spacial score (nSPS) is 24.8. The van der Waals surface area contributed by atoms with Crippen LogP contribution in [-0.4, -0.2) is 31.1 Å². The average molecular weight is 254 g/mol. The summed E-state index contributed by atoms with van der Waals surface area (Å²) in [6.45, 7) is 14.1. The molecule has 2 N–H and O–H groups in total. The molecule has 0 aliphatic carbocycles. The summed E-state index contributed by atoms with van der Waals surface area (Å²) < 4.78 is 0. The second-order valence-corrected chi connectivity index (χ2v) is 7.18. The van der Waals surface area contributed by atoms with Gasteiger partial charge < -0.3 is 10.6 Å². The van der Waals surface area contributed by atoms with Crippen LogP contribution in [0.5, 0.6) is 0 Å². The van der Waals surface area contributed by atoms with Gasteiger partial charge in [-0.25, -0.2) is 0 Å². The third-order valence-corrected chi connectivity index (χ3v) is 4.59. The third-order valence-electron chi connectivity index (χ3n) is 4.59. The number of likely N-dealkylation sites (tertiary alicyclic amines) is 1. The summed E-state index contributed by atoms with van der Waals surface area (Å²) in [6.07, 6.45) is 6.69. The highest BCUT2D eigenvalue weighted by molar-refractivity contribution is 4.79. The molecule has 1 saturated heterocycles. The topological polar surface area (TPSA) is 29.3 Å². The fourth-order valence-corrected chi connectivity index (χ4v) is 3.26. The second-order valence-electron chi connectivity index (χ2n) is 7.18. The van der Waals surface area contributed by atoms with Gasteiger partial charge in [0.1, 0.15) is 0 Å². The molecule has 2 heteroatoms. The Kier molecular flexibility index (Phi) is 6.65. The van der Waals surface area contributed by atoms with Crippen LogP contribution in [0.1, 0.15) is 59.8 Å². The summed E-state index contributed by atoms with van der Waals surface area (Å²) in [4.78, 5) is 2.67. The van der Waals surface area contributed by atoms with Crippen molar-refractivity contribution in [3.8, 4) is 0 Å². The second kappa shape index (κ2) is 7.49. The zero-order valence-electron chi connectivity index (χ0n) is 13.0. The van der Waals surface area contributed by atoms with E-state index in [2.05, 4.69) is 32.6 Å². The van der Waals surface area contributed by atoms with Crippen molar-refractivity contribution in [2.45, 2.75) is 59.8 Å². The van der Waals surface area contributed by atoms with E-state index in [0.29, 0.717) is 11.3 Å². The smallest absolute Gasteiger partial charge is 0.00217 e. The molecule has 1 heterocycles. The van der Waals surface area contributed by atoms with Gasteiger partial charge in [-0.3, -0.25) is 0 Å². The Hall–Kier alpha value is -0.0800. The van der Waals surface area contributed by atoms with E-state index in [0.717, 1.165) is 12.5 Å². The molecule has 0 amide bonds. The first-order valence-electron chi connectivity index (χ1n) is 7.89. The fraction of sp³-hybridized carbons (Fsp3) is 1.00. The van der Waals surface area contributed by atoms with Crippen LogP contribution in [0.2, 0.25) is 0 Å². The van der Waals surface area contributed by atoms with E-state index in [1.807, 2.05) is 0 Å². The standard InChI is InChI=1S/C16H34N2/c1-5-7-14(12-17)13-18-10-6-8-15(9-11-18)16(2,3)4/h14-15H,5-13,17H2,1-4H3. The molecule has 0 aromatic rings. The zero-order chi connectivity index (χ0) is 13.6. The molecule has 1 aliphatic rings. The molecule has 0 radical (unpaired) electrons. The maximum atomic E-state index is 5.88. The lowest BCUT2D eigenvalue weighted by atomic mass is 9.77. The van der Waals surface area contributed by atoms with E-state index in [-0.39, 0.29) is 0 Å². The number of nitrogens with zero attached hydrogens (tertiary/aromatic N) is 1. The molecule has 2 nitrogen and oxygen atoms in total. The van der Waals surface area contributed by atoms with Gasteiger partial charge in [-0.15, -0.1) is 0 Å². The lowest BCUT2D eigenvalue weighted by Gasteiger charge is -2.30. The van der Waals surface area contributed by atoms with Gasteiger partial charge in [0.2, 0.25) is 0 Å². The monoisotopic (exact) mass is 254 g/mol. The molecule has 1 aliphatic heterocycles. The van der Waals surface area contributed by atoms with Crippen LogP contribution in [0.3, 0.4) is 0 Å². The van der Waals surface area contributed by atoms with Crippen LogP contribution in [0, 0.1) is 17.3 Å². The van der Waals surface area contributed by atoms with Gasteiger partial charge in [-0.05, 0) is 62.6 Å². The van der Waals surface area contributed by atoms with Crippen LogP contribution in [-0.2, 0) is 0 Å². The highest BCUT2D eigenvalue weighted by Gasteiger charge is 2.27. The molecule has 0 spiro atoms. The van der Waals surface area contributed by atoms with Gasteiger partial charge in [-0.1, -0.05) is 34.1 Å². The highest BCUT2D eigenvalue weighted by Crippen LogP contribution is 2.34. The van der Waals surface area contributed by atoms with E-state index < -0.39 is 0 Å². The van der Waals surface area contributed by atoms with E-state index in [1.54, 1.807) is 0 Å². The molecule has 0 aromatic heterocycles. The molecule has 18 heavy (non-hydrogen) atoms. The predicted molar refractivity (Wildman–Crippen MR) is 80.7 cm³/mol. The number of hydrogen-bond acceptors (Lipinski definition) is 2. The Morgan fingerprint density at radius 3 is 2.50 bits per heavy atom. The molecule has 1 rings (SSSR count). The van der Waals surface area contributed by atoms with Crippen LogP contribution >= 0.6 is 0 Å². The Labute approximate surface area is 114 Å². The lowest BCUT2D eigenvalue weighted by molar-refractivity contribution is 0.198. The molecule has 2 unspecified atom stereocenters. The van der Waals surface area contributed by atoms with Crippen molar-refractivity contribution in [1.29, 1.82) is 0 Å². The van der Waals surface area contributed by atoms with Gasteiger partial charge in [0.15, 0.2) is 0 Å². The highest BCUT2D eigenvalue weighted by atomic mass is 15.1. The van der Waals surface area contributed by atoms with Gasteiger partial charge in [0.05, 0.1) is 0 Å². The summed E-state index contributed by atoms with van der Waals surface area (Å²) in [6, 6.07) is 0. The maximum absolute atomic E-state index is 5.88. The maximum Gasteiger partial charge on any atom is 0.00217 e. The van der Waals surface area contributed by atoms with Crippen LogP contribution in [0.15, 0.2) is 0 Å². The van der Waals surface area contributed by atoms with Crippen LogP contribution in [0.4, 0.5) is 0 Å². The third kappa shape index (κ3) is 5.27.